The maximum atomic E-state index is 10.7. The summed E-state index contributed by atoms with van der Waals surface area (Å²) in [6, 6.07) is 0. The molecule has 5 heteroatoms. The predicted octanol–water partition coefficient (Wildman–Crippen LogP) is -0.428. The van der Waals surface area contributed by atoms with Crippen molar-refractivity contribution in [1.29, 1.82) is 0 Å². The fourth-order valence-corrected chi connectivity index (χ4v) is 2.16. The highest BCUT2D eigenvalue weighted by Gasteiger charge is 2.39. The van der Waals surface area contributed by atoms with E-state index in [9.17, 15) is 4.79 Å². The van der Waals surface area contributed by atoms with Crippen molar-refractivity contribution in [1.82, 2.24) is 10.6 Å². The van der Waals surface area contributed by atoms with Crippen LogP contribution in [-0.2, 0) is 9.53 Å². The average molecular weight is 214 g/mol. The number of carboxylic acids is 1. The Morgan fingerprint density at radius 1 is 1.60 bits per heavy atom. The Kier molecular flexibility index (Phi) is 3.23. The van der Waals surface area contributed by atoms with Crippen LogP contribution in [0.5, 0.6) is 0 Å². The summed E-state index contributed by atoms with van der Waals surface area (Å²) in [5.74, 6) is -0.739. The van der Waals surface area contributed by atoms with Crippen LogP contribution < -0.4 is 10.6 Å². The van der Waals surface area contributed by atoms with Gasteiger partial charge in [0.1, 0.15) is 0 Å². The molecule has 0 aromatic heterocycles. The molecule has 2 aliphatic rings. The summed E-state index contributed by atoms with van der Waals surface area (Å²) in [5.41, 5.74) is -0.238. The van der Waals surface area contributed by atoms with E-state index in [0.29, 0.717) is 0 Å². The van der Waals surface area contributed by atoms with Crippen LogP contribution in [0.2, 0.25) is 0 Å². The van der Waals surface area contributed by atoms with Gasteiger partial charge in [0.25, 0.3) is 0 Å². The van der Waals surface area contributed by atoms with E-state index in [4.69, 9.17) is 9.84 Å². The number of carbonyl (C=O) groups is 1. The van der Waals surface area contributed by atoms with Crippen molar-refractivity contribution in [2.45, 2.75) is 30.9 Å². The zero-order valence-electron chi connectivity index (χ0n) is 8.79. The predicted molar refractivity (Wildman–Crippen MR) is 54.8 cm³/mol. The van der Waals surface area contributed by atoms with E-state index in [1.165, 1.54) is 0 Å². The van der Waals surface area contributed by atoms with Crippen molar-refractivity contribution in [2.75, 3.05) is 26.2 Å². The number of aliphatic carboxylic acids is 1. The first-order valence-electron chi connectivity index (χ1n) is 5.49. The molecule has 2 rings (SSSR count). The molecule has 0 aliphatic carbocycles. The highest BCUT2D eigenvalue weighted by Crippen LogP contribution is 2.18. The monoisotopic (exact) mass is 214 g/mol. The van der Waals surface area contributed by atoms with Crippen LogP contribution in [0.15, 0.2) is 0 Å². The molecule has 0 aromatic carbocycles. The molecular formula is C10H18N2O3. The van der Waals surface area contributed by atoms with Crippen LogP contribution in [0.4, 0.5) is 0 Å². The second-order valence-corrected chi connectivity index (χ2v) is 4.47. The molecule has 5 nitrogen and oxygen atoms in total. The quantitative estimate of drug-likeness (QED) is 0.579. The largest absolute Gasteiger partial charge is 0.481 e. The van der Waals surface area contributed by atoms with Gasteiger partial charge < -0.3 is 20.5 Å². The number of ether oxygens (including phenoxy) is 1. The first-order chi connectivity index (χ1) is 7.20. The van der Waals surface area contributed by atoms with E-state index in [-0.39, 0.29) is 18.1 Å². The van der Waals surface area contributed by atoms with Gasteiger partial charge in [-0.3, -0.25) is 4.79 Å². The number of rotatable bonds is 5. The molecule has 3 N–H and O–H groups in total. The van der Waals surface area contributed by atoms with Gasteiger partial charge in [-0.1, -0.05) is 0 Å². The molecule has 2 aliphatic heterocycles. The van der Waals surface area contributed by atoms with E-state index in [2.05, 4.69) is 10.6 Å². The van der Waals surface area contributed by atoms with Crippen molar-refractivity contribution in [2.24, 2.45) is 0 Å². The Hall–Kier alpha value is -0.650. The Morgan fingerprint density at radius 2 is 2.40 bits per heavy atom. The van der Waals surface area contributed by atoms with Gasteiger partial charge in [0.05, 0.1) is 18.1 Å². The van der Waals surface area contributed by atoms with Crippen LogP contribution in [-0.4, -0.2) is 49.0 Å². The molecule has 0 aromatic rings. The van der Waals surface area contributed by atoms with Crippen molar-refractivity contribution in [3.8, 4) is 0 Å². The molecule has 1 atom stereocenters. The summed E-state index contributed by atoms with van der Waals surface area (Å²) in [5, 5.41) is 15.3. The average Bonchev–Trinajstić information content (AvgIpc) is 2.61. The van der Waals surface area contributed by atoms with Gasteiger partial charge in [-0.15, -0.1) is 0 Å². The summed E-state index contributed by atoms with van der Waals surface area (Å²) in [6.45, 7) is 3.10. The highest BCUT2D eigenvalue weighted by molar-refractivity contribution is 5.68. The second-order valence-electron chi connectivity index (χ2n) is 4.47. The fraction of sp³-hybridized carbons (Fsp3) is 0.900. The Labute approximate surface area is 89.2 Å². The number of carboxylic acid groups (broad SMARTS) is 1. The molecule has 2 saturated heterocycles. The molecule has 86 valence electrons. The summed E-state index contributed by atoms with van der Waals surface area (Å²) >= 11 is 0. The molecule has 0 amide bonds. The summed E-state index contributed by atoms with van der Waals surface area (Å²) in [6.07, 6.45) is 2.67. The lowest BCUT2D eigenvalue weighted by atomic mass is 9.88. The van der Waals surface area contributed by atoms with Gasteiger partial charge in [-0.25, -0.2) is 0 Å². The molecule has 0 spiro atoms. The maximum absolute atomic E-state index is 10.7. The van der Waals surface area contributed by atoms with Gasteiger partial charge in [0, 0.05) is 26.2 Å². The van der Waals surface area contributed by atoms with Crippen LogP contribution in [0.25, 0.3) is 0 Å². The van der Waals surface area contributed by atoms with Crippen LogP contribution in [0, 0.1) is 0 Å². The Balaban J connectivity index is 1.77. The third kappa shape index (κ3) is 2.68. The lowest BCUT2D eigenvalue weighted by Gasteiger charge is -2.43. The smallest absolute Gasteiger partial charge is 0.305 e. The number of hydrogen-bond acceptors (Lipinski definition) is 4. The molecule has 0 radical (unpaired) electrons. The number of hydrogen-bond donors (Lipinski definition) is 3. The van der Waals surface area contributed by atoms with Crippen molar-refractivity contribution in [3.05, 3.63) is 0 Å². The molecule has 0 bridgehead atoms. The van der Waals surface area contributed by atoms with E-state index in [0.717, 1.165) is 39.1 Å². The van der Waals surface area contributed by atoms with E-state index < -0.39 is 5.97 Å². The minimum Gasteiger partial charge on any atom is -0.481 e. The van der Waals surface area contributed by atoms with Crippen LogP contribution in [0.1, 0.15) is 19.3 Å². The first-order valence-corrected chi connectivity index (χ1v) is 5.49. The normalized spacial score (nSPS) is 28.7. The van der Waals surface area contributed by atoms with Gasteiger partial charge in [-0.05, 0) is 12.8 Å². The van der Waals surface area contributed by atoms with E-state index in [1.807, 2.05) is 0 Å². The second kappa shape index (κ2) is 4.47. The third-order valence-corrected chi connectivity index (χ3v) is 3.15. The van der Waals surface area contributed by atoms with Crippen molar-refractivity contribution < 1.29 is 14.6 Å². The van der Waals surface area contributed by atoms with Gasteiger partial charge in [0.2, 0.25) is 0 Å². The summed E-state index contributed by atoms with van der Waals surface area (Å²) < 4.78 is 5.49. The summed E-state index contributed by atoms with van der Waals surface area (Å²) in [7, 11) is 0. The molecule has 2 fully saturated rings. The third-order valence-electron chi connectivity index (χ3n) is 3.15. The first kappa shape index (κ1) is 10.9. The van der Waals surface area contributed by atoms with Crippen LogP contribution in [0.3, 0.4) is 0 Å². The standard InChI is InChI=1S/C10H18N2O3/c13-9(14)4-10(6-11-7-10)12-5-8-2-1-3-15-8/h8,11-12H,1-7H2,(H,13,14). The van der Waals surface area contributed by atoms with E-state index in [1.54, 1.807) is 0 Å². The minimum absolute atomic E-state index is 0.187. The lowest BCUT2D eigenvalue weighted by molar-refractivity contribution is -0.139. The van der Waals surface area contributed by atoms with Gasteiger partial charge >= 0.3 is 5.97 Å². The lowest BCUT2D eigenvalue weighted by Crippen LogP contribution is -2.69. The topological polar surface area (TPSA) is 70.6 Å². The number of nitrogens with one attached hydrogen (secondary N) is 2. The minimum atomic E-state index is -0.739. The van der Waals surface area contributed by atoms with Crippen molar-refractivity contribution >= 4 is 5.97 Å². The molecular weight excluding hydrogens is 196 g/mol. The van der Waals surface area contributed by atoms with Gasteiger partial charge in [-0.2, -0.15) is 0 Å². The zero-order valence-corrected chi connectivity index (χ0v) is 8.79. The molecule has 15 heavy (non-hydrogen) atoms. The molecule has 1 unspecified atom stereocenters. The zero-order chi connectivity index (χ0) is 10.7. The van der Waals surface area contributed by atoms with Crippen LogP contribution >= 0.6 is 0 Å². The Morgan fingerprint density at radius 3 is 2.87 bits per heavy atom. The Bertz CT molecular complexity index is 235. The highest BCUT2D eigenvalue weighted by atomic mass is 16.5. The van der Waals surface area contributed by atoms with Crippen molar-refractivity contribution in [3.63, 3.8) is 0 Å². The SMILES string of the molecule is O=C(O)CC1(NCC2CCCO2)CNC1. The van der Waals surface area contributed by atoms with Gasteiger partial charge in [0.15, 0.2) is 0 Å². The summed E-state index contributed by atoms with van der Waals surface area (Å²) in [4.78, 5) is 10.7. The fourth-order valence-electron chi connectivity index (χ4n) is 2.16. The maximum Gasteiger partial charge on any atom is 0.305 e. The molecule has 0 saturated carbocycles. The molecule has 2 heterocycles. The van der Waals surface area contributed by atoms with E-state index >= 15 is 0 Å².